The van der Waals surface area contributed by atoms with E-state index in [-0.39, 0.29) is 6.04 Å². The second-order valence-corrected chi connectivity index (χ2v) is 2.50. The number of nitrogens with one attached hydrogen (secondary N) is 1. The molecule has 0 aromatic carbocycles. The second-order valence-electron chi connectivity index (χ2n) is 2.50. The molecule has 0 saturated carbocycles. The molecule has 0 aliphatic carbocycles. The van der Waals surface area contributed by atoms with E-state index in [9.17, 15) is 4.79 Å². The summed E-state index contributed by atoms with van der Waals surface area (Å²) in [6, 6.07) is -0.127. The number of rotatable bonds is 5. The normalized spacial score (nSPS) is 12.8. The number of carbonyl (C=O) groups excluding carboxylic acids is 1. The number of carbonyl (C=O) groups is 1. The number of aromatic nitrogens is 2. The summed E-state index contributed by atoms with van der Waals surface area (Å²) in [7, 11) is 0. The highest BCUT2D eigenvalue weighted by atomic mass is 16.1. The van der Waals surface area contributed by atoms with Gasteiger partial charge in [-0.15, -0.1) is 0 Å². The van der Waals surface area contributed by atoms with Crippen LogP contribution in [0.1, 0.15) is 6.92 Å². The van der Waals surface area contributed by atoms with Gasteiger partial charge in [0.2, 0.25) is 0 Å². The Morgan fingerprint density at radius 2 is 2.67 bits per heavy atom. The van der Waals surface area contributed by atoms with Crippen LogP contribution in [0.15, 0.2) is 12.5 Å². The Bertz CT molecular complexity index is 220. The summed E-state index contributed by atoms with van der Waals surface area (Å²) in [5.74, 6) is 0. The van der Waals surface area contributed by atoms with Gasteiger partial charge in [0.25, 0.3) is 0 Å². The van der Waals surface area contributed by atoms with Gasteiger partial charge in [-0.05, 0) is 6.54 Å². The van der Waals surface area contributed by atoms with Crippen LogP contribution < -0.4 is 5.32 Å². The Hall–Kier alpha value is -1.16. The fraction of sp³-hybridized carbons (Fsp3) is 0.500. The van der Waals surface area contributed by atoms with Crippen molar-refractivity contribution in [1.29, 1.82) is 0 Å². The van der Waals surface area contributed by atoms with Gasteiger partial charge in [-0.3, -0.25) is 0 Å². The SMILES string of the molecule is CCNC(C=O)Cn1c[c]nc1. The second kappa shape index (κ2) is 4.66. The van der Waals surface area contributed by atoms with Crippen LogP contribution >= 0.6 is 0 Å². The number of nitrogens with zero attached hydrogens (tertiary/aromatic N) is 2. The Morgan fingerprint density at radius 3 is 3.17 bits per heavy atom. The van der Waals surface area contributed by atoms with Crippen molar-refractivity contribution < 1.29 is 4.79 Å². The fourth-order valence-corrected chi connectivity index (χ4v) is 0.993. The standard InChI is InChI=1S/C8H12N3O/c1-2-10-8(6-12)5-11-4-3-9-7-11/h4,6-8,10H,2,5H2,1H3. The largest absolute Gasteiger partial charge is 0.335 e. The number of imidazole rings is 1. The molecular weight excluding hydrogens is 154 g/mol. The summed E-state index contributed by atoms with van der Waals surface area (Å²) in [6.45, 7) is 3.38. The summed E-state index contributed by atoms with van der Waals surface area (Å²) >= 11 is 0. The molecule has 0 spiro atoms. The number of hydrogen-bond acceptors (Lipinski definition) is 3. The minimum absolute atomic E-state index is 0.127. The highest BCUT2D eigenvalue weighted by molar-refractivity contribution is 5.57. The maximum absolute atomic E-state index is 10.5. The van der Waals surface area contributed by atoms with E-state index in [4.69, 9.17) is 0 Å². The molecule has 0 aliphatic heterocycles. The Kier molecular flexibility index (Phi) is 3.47. The molecule has 1 aromatic heterocycles. The van der Waals surface area contributed by atoms with Gasteiger partial charge in [-0.25, -0.2) is 4.98 Å². The van der Waals surface area contributed by atoms with Gasteiger partial charge < -0.3 is 14.7 Å². The lowest BCUT2D eigenvalue weighted by Gasteiger charge is -2.10. The van der Waals surface area contributed by atoms with E-state index in [1.54, 1.807) is 12.5 Å². The van der Waals surface area contributed by atoms with E-state index >= 15 is 0 Å². The molecule has 4 nitrogen and oxygen atoms in total. The first kappa shape index (κ1) is 8.93. The highest BCUT2D eigenvalue weighted by Gasteiger charge is 2.04. The molecule has 1 aromatic rings. The lowest BCUT2D eigenvalue weighted by molar-refractivity contribution is -0.109. The molecule has 1 unspecified atom stereocenters. The number of likely N-dealkylation sites (N-methyl/N-ethyl adjacent to an activating group) is 1. The van der Waals surface area contributed by atoms with Gasteiger partial charge in [-0.2, -0.15) is 0 Å². The zero-order valence-electron chi connectivity index (χ0n) is 7.03. The molecule has 1 atom stereocenters. The predicted octanol–water partition coefficient (Wildman–Crippen LogP) is -0.140. The Labute approximate surface area is 71.6 Å². The average molecular weight is 166 g/mol. The first-order valence-corrected chi connectivity index (χ1v) is 3.93. The molecule has 0 saturated heterocycles. The van der Waals surface area contributed by atoms with Crippen LogP contribution in [0.4, 0.5) is 0 Å². The molecule has 1 N–H and O–H groups in total. The third kappa shape index (κ3) is 2.47. The third-order valence-corrected chi connectivity index (χ3v) is 1.54. The number of hydrogen-bond donors (Lipinski definition) is 1. The van der Waals surface area contributed by atoms with Crippen molar-refractivity contribution in [2.24, 2.45) is 0 Å². The quantitative estimate of drug-likeness (QED) is 0.619. The van der Waals surface area contributed by atoms with Crippen molar-refractivity contribution in [3.8, 4) is 0 Å². The van der Waals surface area contributed by atoms with Gasteiger partial charge in [0.05, 0.1) is 12.4 Å². The monoisotopic (exact) mass is 166 g/mol. The van der Waals surface area contributed by atoms with E-state index in [0.29, 0.717) is 6.54 Å². The highest BCUT2D eigenvalue weighted by Crippen LogP contribution is 1.88. The average Bonchev–Trinajstić information content (AvgIpc) is 2.56. The van der Waals surface area contributed by atoms with Gasteiger partial charge in [-0.1, -0.05) is 6.92 Å². The van der Waals surface area contributed by atoms with Crippen LogP contribution in [-0.2, 0) is 11.3 Å². The van der Waals surface area contributed by atoms with Gasteiger partial charge in [0, 0.05) is 12.7 Å². The van der Waals surface area contributed by atoms with Crippen molar-refractivity contribution in [1.82, 2.24) is 14.9 Å². The smallest absolute Gasteiger partial charge is 0.138 e. The molecule has 0 bridgehead atoms. The molecule has 12 heavy (non-hydrogen) atoms. The number of aldehydes is 1. The van der Waals surface area contributed by atoms with Crippen molar-refractivity contribution in [2.45, 2.75) is 19.5 Å². The Balaban J connectivity index is 2.42. The maximum Gasteiger partial charge on any atom is 0.138 e. The molecule has 1 rings (SSSR count). The van der Waals surface area contributed by atoms with E-state index in [0.717, 1.165) is 12.8 Å². The first-order chi connectivity index (χ1) is 5.86. The van der Waals surface area contributed by atoms with Crippen molar-refractivity contribution >= 4 is 6.29 Å². The summed E-state index contributed by atoms with van der Waals surface area (Å²) in [5.41, 5.74) is 0. The first-order valence-electron chi connectivity index (χ1n) is 3.93. The molecule has 4 heteroatoms. The topological polar surface area (TPSA) is 46.9 Å². The summed E-state index contributed by atoms with van der Waals surface area (Å²) < 4.78 is 1.82. The van der Waals surface area contributed by atoms with Gasteiger partial charge in [0.1, 0.15) is 12.5 Å². The Morgan fingerprint density at radius 1 is 1.83 bits per heavy atom. The van der Waals surface area contributed by atoms with Crippen molar-refractivity contribution in [3.05, 3.63) is 18.7 Å². The van der Waals surface area contributed by atoms with E-state index in [2.05, 4.69) is 16.5 Å². The molecule has 1 radical (unpaired) electrons. The lowest BCUT2D eigenvalue weighted by Crippen LogP contribution is -2.34. The van der Waals surface area contributed by atoms with Crippen LogP contribution in [-0.4, -0.2) is 28.4 Å². The van der Waals surface area contributed by atoms with Crippen molar-refractivity contribution in [3.63, 3.8) is 0 Å². The van der Waals surface area contributed by atoms with E-state index < -0.39 is 0 Å². The minimum atomic E-state index is -0.127. The molecule has 0 aliphatic rings. The lowest BCUT2D eigenvalue weighted by atomic mass is 10.3. The van der Waals surface area contributed by atoms with Gasteiger partial charge in [0.15, 0.2) is 0 Å². The molecule has 65 valence electrons. The van der Waals surface area contributed by atoms with Gasteiger partial charge >= 0.3 is 0 Å². The predicted molar refractivity (Wildman–Crippen MR) is 44.6 cm³/mol. The minimum Gasteiger partial charge on any atom is -0.335 e. The molecule has 0 fully saturated rings. The van der Waals surface area contributed by atoms with Crippen molar-refractivity contribution in [2.75, 3.05) is 6.54 Å². The molecule has 1 heterocycles. The summed E-state index contributed by atoms with van der Waals surface area (Å²) in [4.78, 5) is 14.3. The molecule has 0 amide bonds. The zero-order valence-corrected chi connectivity index (χ0v) is 7.03. The van der Waals surface area contributed by atoms with Crippen LogP contribution in [0, 0.1) is 6.20 Å². The maximum atomic E-state index is 10.5. The fourth-order valence-electron chi connectivity index (χ4n) is 0.993. The van der Waals surface area contributed by atoms with E-state index in [1.165, 1.54) is 0 Å². The molecular formula is C8H12N3O. The van der Waals surface area contributed by atoms with Crippen LogP contribution in [0.5, 0.6) is 0 Å². The van der Waals surface area contributed by atoms with Crippen LogP contribution in [0.25, 0.3) is 0 Å². The van der Waals surface area contributed by atoms with Crippen LogP contribution in [0.2, 0.25) is 0 Å². The summed E-state index contributed by atoms with van der Waals surface area (Å²) in [6.07, 6.45) is 6.94. The van der Waals surface area contributed by atoms with E-state index in [1.807, 2.05) is 11.5 Å². The van der Waals surface area contributed by atoms with Crippen LogP contribution in [0.3, 0.4) is 0 Å². The summed E-state index contributed by atoms with van der Waals surface area (Å²) in [5, 5.41) is 3.04. The third-order valence-electron chi connectivity index (χ3n) is 1.54. The zero-order chi connectivity index (χ0) is 8.81.